The van der Waals surface area contributed by atoms with Gasteiger partial charge in [0.25, 0.3) is 0 Å². The number of hydrogen-bond donors (Lipinski definition) is 2. The predicted octanol–water partition coefficient (Wildman–Crippen LogP) is 4.71. The normalized spacial score (nSPS) is 33.2. The number of anilines is 3. The van der Waals surface area contributed by atoms with Gasteiger partial charge in [-0.1, -0.05) is 12.1 Å². The second-order valence-electron chi connectivity index (χ2n) is 10.7. The molecule has 6 nitrogen and oxygen atoms in total. The standard InChI is InChI=1S/C26H33N5O/c32-24(21-5-3-10-31(17-21)25-27-8-4-9-28-25)29-22-6-1-2-7-23(22)30-26-14-18-11-19(15-26)13-20(12-18)16-26/h1-2,4,6-9,18-21,30H,3,5,10-17H2,(H,29,32). The summed E-state index contributed by atoms with van der Waals surface area (Å²) in [5.41, 5.74) is 2.23. The fraction of sp³-hybridized carbons (Fsp3) is 0.577. The second kappa shape index (κ2) is 8.05. The Labute approximate surface area is 190 Å². The minimum Gasteiger partial charge on any atom is -0.378 e. The highest BCUT2D eigenvalue weighted by atomic mass is 16.1. The Bertz CT molecular complexity index is 942. The number of nitrogens with one attached hydrogen (secondary N) is 2. The molecule has 0 radical (unpaired) electrons. The Morgan fingerprint density at radius 1 is 0.938 bits per heavy atom. The average Bonchev–Trinajstić information content (AvgIpc) is 2.80. The van der Waals surface area contributed by atoms with E-state index in [2.05, 4.69) is 37.6 Å². The quantitative estimate of drug-likeness (QED) is 0.717. The van der Waals surface area contributed by atoms with Crippen LogP contribution in [0.2, 0.25) is 0 Å². The molecule has 7 rings (SSSR count). The van der Waals surface area contributed by atoms with Crippen LogP contribution in [0.5, 0.6) is 0 Å². The van der Waals surface area contributed by atoms with Crippen molar-refractivity contribution < 1.29 is 4.79 Å². The minimum absolute atomic E-state index is 0.0554. The lowest BCUT2D eigenvalue weighted by Crippen LogP contribution is -2.54. The van der Waals surface area contributed by atoms with Crippen molar-refractivity contribution in [2.24, 2.45) is 23.7 Å². The molecule has 1 saturated heterocycles. The summed E-state index contributed by atoms with van der Waals surface area (Å²) in [6.07, 6.45) is 13.6. The van der Waals surface area contributed by atoms with Gasteiger partial charge in [-0.3, -0.25) is 4.79 Å². The van der Waals surface area contributed by atoms with Crippen molar-refractivity contribution in [3.05, 3.63) is 42.7 Å². The summed E-state index contributed by atoms with van der Waals surface area (Å²) in [5, 5.41) is 7.22. The molecule has 2 heterocycles. The zero-order valence-corrected chi connectivity index (χ0v) is 18.7. The number of carbonyl (C=O) groups is 1. The van der Waals surface area contributed by atoms with E-state index in [-0.39, 0.29) is 17.4 Å². The third-order valence-electron chi connectivity index (χ3n) is 8.25. The van der Waals surface area contributed by atoms with E-state index < -0.39 is 0 Å². The molecule has 5 fully saturated rings. The van der Waals surface area contributed by atoms with Gasteiger partial charge in [-0.15, -0.1) is 0 Å². The van der Waals surface area contributed by atoms with Gasteiger partial charge >= 0.3 is 0 Å². The average molecular weight is 432 g/mol. The van der Waals surface area contributed by atoms with Gasteiger partial charge in [-0.25, -0.2) is 9.97 Å². The maximum absolute atomic E-state index is 13.3. The Hall–Kier alpha value is -2.63. The topological polar surface area (TPSA) is 70.2 Å². The molecule has 1 aliphatic heterocycles. The van der Waals surface area contributed by atoms with E-state index in [1.807, 2.05) is 18.2 Å². The first-order chi connectivity index (χ1) is 15.7. The molecule has 32 heavy (non-hydrogen) atoms. The molecule has 4 aliphatic carbocycles. The Morgan fingerprint density at radius 2 is 1.59 bits per heavy atom. The van der Waals surface area contributed by atoms with Gasteiger partial charge in [-0.2, -0.15) is 0 Å². The van der Waals surface area contributed by atoms with Gasteiger partial charge in [0, 0.05) is 31.0 Å². The van der Waals surface area contributed by atoms with E-state index in [9.17, 15) is 4.79 Å². The monoisotopic (exact) mass is 431 g/mol. The second-order valence-corrected chi connectivity index (χ2v) is 10.7. The maximum atomic E-state index is 13.3. The lowest BCUT2D eigenvalue weighted by molar-refractivity contribution is -0.120. The van der Waals surface area contributed by atoms with E-state index in [4.69, 9.17) is 0 Å². The number of amides is 1. The van der Waals surface area contributed by atoms with Crippen LogP contribution in [0.25, 0.3) is 0 Å². The Kier molecular flexibility index (Phi) is 5.04. The molecule has 2 aromatic rings. The number of carbonyl (C=O) groups excluding carboxylic acids is 1. The summed E-state index contributed by atoms with van der Waals surface area (Å²) in [7, 11) is 0. The fourth-order valence-electron chi connectivity index (χ4n) is 7.31. The van der Waals surface area contributed by atoms with Crippen LogP contribution in [0, 0.1) is 23.7 Å². The Balaban J connectivity index is 1.16. The largest absolute Gasteiger partial charge is 0.378 e. The van der Waals surface area contributed by atoms with Crippen LogP contribution in [-0.2, 0) is 4.79 Å². The summed E-state index contributed by atoms with van der Waals surface area (Å²) in [4.78, 5) is 24.1. The lowest BCUT2D eigenvalue weighted by atomic mass is 9.53. The van der Waals surface area contributed by atoms with Crippen LogP contribution in [0.15, 0.2) is 42.7 Å². The van der Waals surface area contributed by atoms with Crippen molar-refractivity contribution in [1.29, 1.82) is 0 Å². The SMILES string of the molecule is O=C(Nc1ccccc1NC12CC3CC(CC(C3)C1)C2)C1CCCN(c2ncccn2)C1. The first kappa shape index (κ1) is 20.0. The van der Waals surface area contributed by atoms with Crippen molar-refractivity contribution in [2.75, 3.05) is 28.6 Å². The van der Waals surface area contributed by atoms with E-state index in [1.165, 1.54) is 38.5 Å². The molecule has 4 bridgehead atoms. The van der Waals surface area contributed by atoms with Gasteiger partial charge in [0.1, 0.15) is 0 Å². The van der Waals surface area contributed by atoms with Crippen LogP contribution in [0.1, 0.15) is 51.4 Å². The molecule has 6 heteroatoms. The summed E-state index contributed by atoms with van der Waals surface area (Å²) < 4.78 is 0. The van der Waals surface area contributed by atoms with Gasteiger partial charge in [-0.05, 0) is 87.3 Å². The van der Waals surface area contributed by atoms with Crippen molar-refractivity contribution >= 4 is 23.2 Å². The molecule has 2 N–H and O–H groups in total. The van der Waals surface area contributed by atoms with Crippen LogP contribution < -0.4 is 15.5 Å². The zero-order valence-electron chi connectivity index (χ0n) is 18.7. The number of nitrogens with zero attached hydrogens (tertiary/aromatic N) is 3. The molecule has 4 saturated carbocycles. The van der Waals surface area contributed by atoms with Crippen molar-refractivity contribution in [1.82, 2.24) is 9.97 Å². The molecule has 1 unspecified atom stereocenters. The summed E-state index contributed by atoms with van der Waals surface area (Å²) in [6, 6.07) is 10.1. The van der Waals surface area contributed by atoms with Crippen molar-refractivity contribution in [3.8, 4) is 0 Å². The molecule has 1 atom stereocenters. The van der Waals surface area contributed by atoms with Gasteiger partial charge < -0.3 is 15.5 Å². The van der Waals surface area contributed by atoms with Crippen LogP contribution >= 0.6 is 0 Å². The fourth-order valence-corrected chi connectivity index (χ4v) is 7.31. The maximum Gasteiger partial charge on any atom is 0.229 e. The summed E-state index contributed by atoms with van der Waals surface area (Å²) in [6.45, 7) is 1.57. The van der Waals surface area contributed by atoms with E-state index in [1.54, 1.807) is 12.4 Å². The molecule has 1 aromatic carbocycles. The lowest BCUT2D eigenvalue weighted by Gasteiger charge is -2.57. The van der Waals surface area contributed by atoms with Gasteiger partial charge in [0.2, 0.25) is 11.9 Å². The molecule has 1 aromatic heterocycles. The molecule has 5 aliphatic rings. The van der Waals surface area contributed by atoms with Gasteiger partial charge in [0.05, 0.1) is 17.3 Å². The molecular weight excluding hydrogens is 398 g/mol. The number of piperidine rings is 1. The number of rotatable bonds is 5. The highest BCUT2D eigenvalue weighted by Gasteiger charge is 2.51. The number of benzene rings is 1. The molecule has 168 valence electrons. The van der Waals surface area contributed by atoms with Gasteiger partial charge in [0.15, 0.2) is 0 Å². The predicted molar refractivity (Wildman–Crippen MR) is 127 cm³/mol. The smallest absolute Gasteiger partial charge is 0.229 e. The molecular formula is C26H33N5O. The highest BCUT2D eigenvalue weighted by molar-refractivity contribution is 5.96. The summed E-state index contributed by atoms with van der Waals surface area (Å²) >= 11 is 0. The Morgan fingerprint density at radius 3 is 2.28 bits per heavy atom. The van der Waals surface area contributed by atoms with E-state index >= 15 is 0 Å². The van der Waals surface area contributed by atoms with Crippen molar-refractivity contribution in [3.63, 3.8) is 0 Å². The number of aromatic nitrogens is 2. The minimum atomic E-state index is -0.0554. The number of para-hydroxylation sites is 2. The summed E-state index contributed by atoms with van der Waals surface area (Å²) in [5.74, 6) is 3.44. The van der Waals surface area contributed by atoms with Crippen LogP contribution in [-0.4, -0.2) is 34.5 Å². The third-order valence-corrected chi connectivity index (χ3v) is 8.25. The first-order valence-electron chi connectivity index (χ1n) is 12.4. The first-order valence-corrected chi connectivity index (χ1v) is 12.4. The van der Waals surface area contributed by atoms with Crippen molar-refractivity contribution in [2.45, 2.75) is 56.9 Å². The number of hydrogen-bond acceptors (Lipinski definition) is 5. The van der Waals surface area contributed by atoms with Crippen LogP contribution in [0.4, 0.5) is 17.3 Å². The van der Waals surface area contributed by atoms with E-state index in [0.717, 1.165) is 48.5 Å². The third kappa shape index (κ3) is 3.84. The van der Waals surface area contributed by atoms with Crippen LogP contribution in [0.3, 0.4) is 0 Å². The molecule has 1 amide bonds. The van der Waals surface area contributed by atoms with E-state index in [0.29, 0.717) is 12.5 Å². The zero-order chi connectivity index (χ0) is 21.5. The molecule has 0 spiro atoms. The highest BCUT2D eigenvalue weighted by Crippen LogP contribution is 2.56.